The van der Waals surface area contributed by atoms with Crippen molar-refractivity contribution in [1.29, 1.82) is 0 Å². The number of nitrogens with zero attached hydrogens (tertiary/aromatic N) is 6. The molecule has 0 saturated carbocycles. The van der Waals surface area contributed by atoms with Gasteiger partial charge in [0.25, 0.3) is 0 Å². The molecule has 0 amide bonds. The van der Waals surface area contributed by atoms with Gasteiger partial charge in [-0.3, -0.25) is 0 Å². The van der Waals surface area contributed by atoms with Crippen LogP contribution in [-0.2, 0) is 22.7 Å². The predicted octanol–water partition coefficient (Wildman–Crippen LogP) is 26.4. The third kappa shape index (κ3) is 12.3. The van der Waals surface area contributed by atoms with Gasteiger partial charge in [0.1, 0.15) is 34.3 Å². The van der Waals surface area contributed by atoms with Gasteiger partial charge < -0.3 is 14.2 Å². The van der Waals surface area contributed by atoms with E-state index < -0.39 is 0 Å². The average Bonchev–Trinajstić information content (AvgIpc) is 1.70. The monoisotopic (exact) mass is 1330 g/mol. The van der Waals surface area contributed by atoms with E-state index in [4.69, 9.17) is 21.9 Å². The Morgan fingerprint density at radius 3 is 0.733 bits per heavy atom. The molecule has 3 heterocycles. The van der Waals surface area contributed by atoms with Crippen LogP contribution < -0.4 is 9.80 Å². The van der Waals surface area contributed by atoms with Gasteiger partial charge in [0.15, 0.2) is 0 Å². The van der Waals surface area contributed by atoms with Crippen LogP contribution in [0.3, 0.4) is 0 Å². The SMILES string of the molecule is c1ccc(C(=C(c2ccccc2)c2ccc(N(c3ccccc3)c3ccc(-c4ccc(-c5ccc(-c6ccc(-c7ccc(N(c8ccccc8)c8ccc(C(=C(c9ccccc9)c9ccccc9)c9ccccc9)cc8)c8c7N=S=N8)cc6)o5)cc4)c4c3N=S=N4)cc2)c2ccccc2)cc1. The molecule has 478 valence electrons. The van der Waals surface area contributed by atoms with Crippen molar-refractivity contribution in [3.8, 4) is 44.9 Å². The summed E-state index contributed by atoms with van der Waals surface area (Å²) < 4.78 is 26.6. The molecule has 15 aromatic rings. The average molecular weight is 1330 g/mol. The van der Waals surface area contributed by atoms with Crippen LogP contribution in [0.15, 0.2) is 398 Å². The van der Waals surface area contributed by atoms with E-state index >= 15 is 0 Å². The van der Waals surface area contributed by atoms with Crippen molar-refractivity contribution in [2.24, 2.45) is 17.5 Å². The van der Waals surface area contributed by atoms with Crippen LogP contribution in [0.1, 0.15) is 44.5 Å². The standard InChI is InChI=1S/C92H62N6OS2/c1-9-25-67(26-10-1)85(68-27-11-2-12-28-68)87(71-33-17-5-18-34-71)73-49-53-77(54-50-73)97(75-37-21-7-22-38-75)81-59-57-79(89-91(81)95-100-93-89)63-41-45-65(46-42-63)83-61-62-84(99-83)66-47-43-64(44-48-66)80-58-60-82(92-90(80)94-101-96-92)98(76-39-23-8-24-40-76)78-55-51-74(52-56-78)88(72-35-19-6-20-36-72)86(69-29-13-3-14-30-69)70-31-15-4-16-32-70/h1-62H. The van der Waals surface area contributed by atoms with Crippen LogP contribution in [-0.4, -0.2) is 0 Å². The molecule has 0 radical (unpaired) electrons. The molecule has 0 saturated heterocycles. The van der Waals surface area contributed by atoms with Crippen LogP contribution in [0.5, 0.6) is 0 Å². The van der Waals surface area contributed by atoms with E-state index in [2.05, 4.69) is 374 Å². The molecule has 101 heavy (non-hydrogen) atoms. The van der Waals surface area contributed by atoms with Crippen molar-refractivity contribution in [1.82, 2.24) is 0 Å². The molecule has 9 heteroatoms. The quantitative estimate of drug-likeness (QED) is 0.0804. The van der Waals surface area contributed by atoms with E-state index in [-0.39, 0.29) is 0 Å². The Kier molecular flexibility index (Phi) is 17.0. The molecule has 2 aliphatic rings. The van der Waals surface area contributed by atoms with Crippen molar-refractivity contribution in [3.05, 3.63) is 421 Å². The highest BCUT2D eigenvalue weighted by Gasteiger charge is 2.27. The van der Waals surface area contributed by atoms with Gasteiger partial charge in [-0.15, -0.1) is 0 Å². The summed E-state index contributed by atoms with van der Waals surface area (Å²) >= 11 is 2.46. The first kappa shape index (κ1) is 61.7. The Bertz CT molecular complexity index is 5270. The summed E-state index contributed by atoms with van der Waals surface area (Å²) in [6, 6.07) is 133. The topological polar surface area (TPSA) is 69.1 Å². The Labute approximate surface area is 595 Å². The summed E-state index contributed by atoms with van der Waals surface area (Å²) in [5.74, 6) is 1.55. The summed E-state index contributed by atoms with van der Waals surface area (Å²) in [5, 5.41) is 0. The van der Waals surface area contributed by atoms with E-state index in [1.807, 2.05) is 12.1 Å². The Balaban J connectivity index is 0.636. The maximum atomic E-state index is 6.65. The molecule has 2 aliphatic heterocycles. The lowest BCUT2D eigenvalue weighted by Gasteiger charge is -2.27. The van der Waals surface area contributed by atoms with Gasteiger partial charge in [0.2, 0.25) is 0 Å². The number of hydrogen-bond acceptors (Lipinski definition) is 7. The lowest BCUT2D eigenvalue weighted by molar-refractivity contribution is 0.597. The van der Waals surface area contributed by atoms with Crippen molar-refractivity contribution in [2.75, 3.05) is 9.80 Å². The van der Waals surface area contributed by atoms with E-state index in [1.54, 1.807) is 0 Å². The lowest BCUT2D eigenvalue weighted by atomic mass is 9.86. The highest BCUT2D eigenvalue weighted by atomic mass is 32.1. The van der Waals surface area contributed by atoms with Crippen molar-refractivity contribution < 1.29 is 4.42 Å². The minimum absolute atomic E-state index is 0.777. The molecule has 0 aliphatic carbocycles. The number of anilines is 6. The second kappa shape index (κ2) is 27.9. The molecule has 0 atom stereocenters. The molecule has 0 fully saturated rings. The molecule has 0 N–H and O–H groups in total. The van der Waals surface area contributed by atoms with Gasteiger partial charge in [0, 0.05) is 45.0 Å². The molecule has 14 aromatic carbocycles. The molecular formula is C92H62N6OS2. The fourth-order valence-corrected chi connectivity index (χ4v) is 15.0. The predicted molar refractivity (Wildman–Crippen MR) is 422 cm³/mol. The fraction of sp³-hybridized carbons (Fsp3) is 0. The van der Waals surface area contributed by atoms with Gasteiger partial charge in [-0.1, -0.05) is 291 Å². The number of fused-ring (bicyclic) bond motifs is 2. The molecule has 7 nitrogen and oxygen atoms in total. The minimum atomic E-state index is 0.777. The summed E-state index contributed by atoms with van der Waals surface area (Å²) in [5.41, 5.74) is 29.1. The summed E-state index contributed by atoms with van der Waals surface area (Å²) in [7, 11) is 0. The number of furan rings is 1. The Hall–Kier alpha value is -12.9. The van der Waals surface area contributed by atoms with Gasteiger partial charge in [-0.2, -0.15) is 17.5 Å². The lowest BCUT2D eigenvalue weighted by Crippen LogP contribution is -2.10. The van der Waals surface area contributed by atoms with Crippen molar-refractivity contribution in [3.63, 3.8) is 0 Å². The van der Waals surface area contributed by atoms with Gasteiger partial charge in [-0.25, -0.2) is 0 Å². The van der Waals surface area contributed by atoms with Crippen LogP contribution in [0.2, 0.25) is 0 Å². The van der Waals surface area contributed by atoms with E-state index in [0.29, 0.717) is 0 Å². The summed E-state index contributed by atoms with van der Waals surface area (Å²) in [6.07, 6.45) is 0. The first-order valence-electron chi connectivity index (χ1n) is 33.7. The summed E-state index contributed by atoms with van der Waals surface area (Å²) in [6.45, 7) is 0. The third-order valence-corrected chi connectivity index (χ3v) is 19.6. The van der Waals surface area contributed by atoms with E-state index in [1.165, 1.54) is 33.9 Å². The first-order chi connectivity index (χ1) is 50.1. The van der Waals surface area contributed by atoms with Crippen molar-refractivity contribution >= 4 is 102 Å². The first-order valence-corrected chi connectivity index (χ1v) is 35.1. The maximum Gasteiger partial charge on any atom is 0.134 e. The van der Waals surface area contributed by atoms with Gasteiger partial charge in [-0.05, 0) is 163 Å². The molecule has 0 bridgehead atoms. The van der Waals surface area contributed by atoms with Crippen LogP contribution >= 0.6 is 0 Å². The molecule has 17 rings (SSSR count). The van der Waals surface area contributed by atoms with Gasteiger partial charge >= 0.3 is 0 Å². The fourth-order valence-electron chi connectivity index (χ4n) is 13.8. The number of hydrogen-bond donors (Lipinski definition) is 0. The zero-order chi connectivity index (χ0) is 67.3. The highest BCUT2D eigenvalue weighted by Crippen LogP contribution is 2.53. The smallest absolute Gasteiger partial charge is 0.134 e. The van der Waals surface area contributed by atoms with E-state index in [0.717, 1.165) is 157 Å². The Morgan fingerprint density at radius 2 is 0.446 bits per heavy atom. The molecular weight excluding hydrogens is 1270 g/mol. The molecule has 0 unspecified atom stereocenters. The highest BCUT2D eigenvalue weighted by molar-refractivity contribution is 7.58. The summed E-state index contributed by atoms with van der Waals surface area (Å²) in [4.78, 5) is 4.57. The molecule has 0 spiro atoms. The number of benzene rings is 14. The maximum absolute atomic E-state index is 6.65. The van der Waals surface area contributed by atoms with Crippen LogP contribution in [0, 0.1) is 0 Å². The normalized spacial score (nSPS) is 11.6. The van der Waals surface area contributed by atoms with Crippen molar-refractivity contribution in [2.45, 2.75) is 0 Å². The Morgan fingerprint density at radius 1 is 0.208 bits per heavy atom. The zero-order valence-corrected chi connectivity index (χ0v) is 56.3. The van der Waals surface area contributed by atoms with Crippen LogP contribution in [0.25, 0.3) is 67.2 Å². The van der Waals surface area contributed by atoms with Crippen LogP contribution in [0.4, 0.5) is 56.9 Å². The second-order valence-corrected chi connectivity index (χ2v) is 25.7. The number of rotatable bonds is 18. The third-order valence-electron chi connectivity index (χ3n) is 18.6. The zero-order valence-electron chi connectivity index (χ0n) is 54.7. The number of para-hydroxylation sites is 2. The van der Waals surface area contributed by atoms with E-state index in [9.17, 15) is 0 Å². The second-order valence-electron chi connectivity index (χ2n) is 24.6. The largest absolute Gasteiger partial charge is 0.456 e. The van der Waals surface area contributed by atoms with Gasteiger partial charge in [0.05, 0.1) is 34.1 Å². The minimum Gasteiger partial charge on any atom is -0.456 e. The molecule has 1 aromatic heterocycles.